The second kappa shape index (κ2) is 6.04. The first-order chi connectivity index (χ1) is 11.8. The molecule has 0 radical (unpaired) electrons. The highest BCUT2D eigenvalue weighted by Crippen LogP contribution is 2.30. The molecule has 0 spiro atoms. The largest absolute Gasteiger partial charge is 0.454 e. The van der Waals surface area contributed by atoms with Gasteiger partial charge in [-0.3, -0.25) is 5.10 Å². The van der Waals surface area contributed by atoms with Crippen LogP contribution in [-0.2, 0) is 0 Å². The van der Waals surface area contributed by atoms with Crippen LogP contribution in [0.5, 0.6) is 11.5 Å². The van der Waals surface area contributed by atoms with Gasteiger partial charge in [-0.1, -0.05) is 30.3 Å². The minimum absolute atomic E-state index is 0.194. The van der Waals surface area contributed by atoms with Crippen LogP contribution >= 0.6 is 0 Å². The molecular formula is C19H14FN3O. The van der Waals surface area contributed by atoms with E-state index in [1.807, 2.05) is 36.4 Å². The average Bonchev–Trinajstić information content (AvgIpc) is 3.00. The number of hydrogen-bond acceptors (Lipinski definition) is 3. The number of para-hydroxylation sites is 2. The number of benzene rings is 3. The maximum atomic E-state index is 13.7. The Morgan fingerprint density at radius 1 is 0.917 bits per heavy atom. The van der Waals surface area contributed by atoms with Crippen molar-refractivity contribution in [2.45, 2.75) is 0 Å². The van der Waals surface area contributed by atoms with Crippen molar-refractivity contribution in [3.05, 3.63) is 78.6 Å². The van der Waals surface area contributed by atoms with E-state index < -0.39 is 5.82 Å². The lowest BCUT2D eigenvalue weighted by Crippen LogP contribution is -1.90. The Morgan fingerprint density at radius 2 is 1.71 bits per heavy atom. The number of fused-ring (bicyclic) bond motifs is 1. The molecule has 4 nitrogen and oxygen atoms in total. The van der Waals surface area contributed by atoms with E-state index in [4.69, 9.17) is 4.74 Å². The highest BCUT2D eigenvalue weighted by Gasteiger charge is 2.09. The van der Waals surface area contributed by atoms with Crippen molar-refractivity contribution in [3.8, 4) is 11.5 Å². The van der Waals surface area contributed by atoms with Crippen molar-refractivity contribution in [2.75, 3.05) is 5.32 Å². The lowest BCUT2D eigenvalue weighted by Gasteiger charge is -2.07. The van der Waals surface area contributed by atoms with Crippen LogP contribution in [0.1, 0.15) is 0 Å². The van der Waals surface area contributed by atoms with Crippen molar-refractivity contribution in [2.24, 2.45) is 0 Å². The van der Waals surface area contributed by atoms with Crippen molar-refractivity contribution in [3.63, 3.8) is 0 Å². The first-order valence-corrected chi connectivity index (χ1v) is 7.52. The van der Waals surface area contributed by atoms with Crippen LogP contribution in [0.4, 0.5) is 15.9 Å². The molecular weight excluding hydrogens is 305 g/mol. The summed E-state index contributed by atoms with van der Waals surface area (Å²) < 4.78 is 19.3. The maximum Gasteiger partial charge on any atom is 0.165 e. The molecule has 0 saturated heterocycles. The SMILES string of the molecule is Fc1ccccc1Oc1ccc2c(Nc3ccccc3)n[nH]c2c1. The summed E-state index contributed by atoms with van der Waals surface area (Å²) in [6, 6.07) is 21.6. The number of H-pyrrole nitrogens is 1. The molecule has 24 heavy (non-hydrogen) atoms. The molecule has 0 aliphatic heterocycles. The first kappa shape index (κ1) is 14.3. The summed E-state index contributed by atoms with van der Waals surface area (Å²) in [5.74, 6) is 1.07. The molecule has 0 atom stereocenters. The van der Waals surface area contributed by atoms with Gasteiger partial charge < -0.3 is 10.1 Å². The molecule has 0 unspecified atom stereocenters. The molecule has 0 saturated carbocycles. The van der Waals surface area contributed by atoms with Crippen LogP contribution in [-0.4, -0.2) is 10.2 Å². The molecule has 5 heteroatoms. The quantitative estimate of drug-likeness (QED) is 0.541. The molecule has 1 aromatic heterocycles. The van der Waals surface area contributed by atoms with Crippen LogP contribution in [0.15, 0.2) is 72.8 Å². The maximum absolute atomic E-state index is 13.7. The highest BCUT2D eigenvalue weighted by atomic mass is 19.1. The van der Waals surface area contributed by atoms with E-state index in [0.717, 1.165) is 22.4 Å². The molecule has 2 N–H and O–H groups in total. The normalized spacial score (nSPS) is 10.7. The van der Waals surface area contributed by atoms with Gasteiger partial charge in [0.15, 0.2) is 17.4 Å². The molecule has 3 aromatic carbocycles. The Hall–Kier alpha value is -3.34. The monoisotopic (exact) mass is 319 g/mol. The number of aromatic nitrogens is 2. The van der Waals surface area contributed by atoms with E-state index in [2.05, 4.69) is 15.5 Å². The third-order valence-corrected chi connectivity index (χ3v) is 3.64. The van der Waals surface area contributed by atoms with E-state index in [1.54, 1.807) is 30.3 Å². The summed E-state index contributed by atoms with van der Waals surface area (Å²) in [5, 5.41) is 11.4. The van der Waals surface area contributed by atoms with Gasteiger partial charge in [0.05, 0.1) is 5.52 Å². The molecule has 4 aromatic rings. The van der Waals surface area contributed by atoms with E-state index in [1.165, 1.54) is 6.07 Å². The van der Waals surface area contributed by atoms with E-state index in [9.17, 15) is 4.39 Å². The van der Waals surface area contributed by atoms with Gasteiger partial charge >= 0.3 is 0 Å². The molecule has 1 heterocycles. The van der Waals surface area contributed by atoms with Gasteiger partial charge in [0.2, 0.25) is 0 Å². The smallest absolute Gasteiger partial charge is 0.165 e. The number of aromatic amines is 1. The standard InChI is InChI=1S/C19H14FN3O/c20-16-8-4-5-9-18(16)24-14-10-11-15-17(12-14)22-23-19(15)21-13-6-2-1-3-7-13/h1-12H,(H2,21,22,23). The number of halogens is 1. The van der Waals surface area contributed by atoms with Crippen LogP contribution < -0.4 is 10.1 Å². The summed E-state index contributed by atoms with van der Waals surface area (Å²) in [5.41, 5.74) is 1.76. The van der Waals surface area contributed by atoms with Gasteiger partial charge in [0.25, 0.3) is 0 Å². The second-order valence-corrected chi connectivity index (χ2v) is 5.30. The van der Waals surface area contributed by atoms with Gasteiger partial charge in [-0.05, 0) is 36.4 Å². The minimum Gasteiger partial charge on any atom is -0.454 e. The van der Waals surface area contributed by atoms with Crippen LogP contribution in [0.3, 0.4) is 0 Å². The molecule has 4 rings (SSSR count). The van der Waals surface area contributed by atoms with Crippen molar-refractivity contribution in [1.29, 1.82) is 0 Å². The number of anilines is 2. The third kappa shape index (κ3) is 2.79. The van der Waals surface area contributed by atoms with E-state index in [-0.39, 0.29) is 5.75 Å². The first-order valence-electron chi connectivity index (χ1n) is 7.52. The van der Waals surface area contributed by atoms with Crippen LogP contribution in [0.2, 0.25) is 0 Å². The fourth-order valence-electron chi connectivity index (χ4n) is 2.47. The zero-order valence-corrected chi connectivity index (χ0v) is 12.7. The highest BCUT2D eigenvalue weighted by molar-refractivity contribution is 5.92. The third-order valence-electron chi connectivity index (χ3n) is 3.64. The average molecular weight is 319 g/mol. The van der Waals surface area contributed by atoms with E-state index in [0.29, 0.717) is 5.75 Å². The summed E-state index contributed by atoms with van der Waals surface area (Å²) in [4.78, 5) is 0. The number of nitrogens with zero attached hydrogens (tertiary/aromatic N) is 1. The number of rotatable bonds is 4. The zero-order chi connectivity index (χ0) is 16.4. The van der Waals surface area contributed by atoms with Gasteiger partial charge in [0, 0.05) is 17.1 Å². The molecule has 0 fully saturated rings. The summed E-state index contributed by atoms with van der Waals surface area (Å²) in [7, 11) is 0. The van der Waals surface area contributed by atoms with Crippen molar-refractivity contribution >= 4 is 22.4 Å². The van der Waals surface area contributed by atoms with Crippen molar-refractivity contribution in [1.82, 2.24) is 10.2 Å². The van der Waals surface area contributed by atoms with Crippen LogP contribution in [0, 0.1) is 5.82 Å². The van der Waals surface area contributed by atoms with E-state index >= 15 is 0 Å². The Balaban J connectivity index is 1.62. The molecule has 0 amide bonds. The predicted octanol–water partition coefficient (Wildman–Crippen LogP) is 5.24. The minimum atomic E-state index is -0.395. The van der Waals surface area contributed by atoms with Crippen LogP contribution in [0.25, 0.3) is 10.9 Å². The molecule has 0 aliphatic rings. The van der Waals surface area contributed by atoms with Gasteiger partial charge in [-0.25, -0.2) is 4.39 Å². The van der Waals surface area contributed by atoms with Crippen molar-refractivity contribution < 1.29 is 9.13 Å². The summed E-state index contributed by atoms with van der Waals surface area (Å²) >= 11 is 0. The lowest BCUT2D eigenvalue weighted by molar-refractivity contribution is 0.443. The topological polar surface area (TPSA) is 49.9 Å². The summed E-state index contributed by atoms with van der Waals surface area (Å²) in [6.45, 7) is 0. The van der Waals surface area contributed by atoms with Gasteiger partial charge in [0.1, 0.15) is 5.75 Å². The molecule has 0 aliphatic carbocycles. The predicted molar refractivity (Wildman–Crippen MR) is 92.3 cm³/mol. The zero-order valence-electron chi connectivity index (χ0n) is 12.7. The van der Waals surface area contributed by atoms with Gasteiger partial charge in [-0.15, -0.1) is 0 Å². The number of hydrogen-bond donors (Lipinski definition) is 2. The Morgan fingerprint density at radius 3 is 2.54 bits per heavy atom. The Labute approximate surface area is 137 Å². The number of nitrogens with one attached hydrogen (secondary N) is 2. The Kier molecular flexibility index (Phi) is 3.59. The number of ether oxygens (including phenoxy) is 1. The van der Waals surface area contributed by atoms with Gasteiger partial charge in [-0.2, -0.15) is 5.10 Å². The molecule has 0 bridgehead atoms. The second-order valence-electron chi connectivity index (χ2n) is 5.30. The lowest BCUT2D eigenvalue weighted by atomic mass is 10.2. The fraction of sp³-hybridized carbons (Fsp3) is 0. The summed E-state index contributed by atoms with van der Waals surface area (Å²) in [6.07, 6.45) is 0. The fourth-order valence-corrected chi connectivity index (χ4v) is 2.47. The Bertz CT molecular complexity index is 982. The molecule has 118 valence electrons.